The number of para-hydroxylation sites is 2. The number of amides is 1. The van der Waals surface area contributed by atoms with Gasteiger partial charge in [0, 0.05) is 31.7 Å². The Morgan fingerprint density at radius 1 is 1.13 bits per heavy atom. The summed E-state index contributed by atoms with van der Waals surface area (Å²) in [5.41, 5.74) is 5.00. The molecule has 1 aliphatic carbocycles. The number of hydrogen-bond donors (Lipinski definition) is 1. The fourth-order valence-corrected chi connectivity index (χ4v) is 5.96. The lowest BCUT2D eigenvalue weighted by Crippen LogP contribution is -2.34. The van der Waals surface area contributed by atoms with E-state index in [-0.39, 0.29) is 27.6 Å². The summed E-state index contributed by atoms with van der Waals surface area (Å²) in [6, 6.07) is 12.8. The van der Waals surface area contributed by atoms with E-state index in [1.165, 1.54) is 29.2 Å². The molecule has 3 heterocycles. The molecule has 0 aliphatic heterocycles. The Labute approximate surface area is 233 Å². The average Bonchev–Trinajstić information content (AvgIpc) is 3.28. The maximum atomic E-state index is 12.6. The first-order chi connectivity index (χ1) is 18.6. The fraction of sp³-hybridized carbons (Fsp3) is 0.379. The molecule has 0 radical (unpaired) electrons. The van der Waals surface area contributed by atoms with Gasteiger partial charge < -0.3 is 9.88 Å². The summed E-state index contributed by atoms with van der Waals surface area (Å²) in [5.74, 6) is 0.799. The van der Waals surface area contributed by atoms with Crippen LogP contribution in [0.15, 0.2) is 55.0 Å². The van der Waals surface area contributed by atoms with Gasteiger partial charge in [0.05, 0.1) is 44.9 Å². The number of hydrogen-bond acceptors (Lipinski definition) is 5. The monoisotopic (exact) mass is 550 g/mol. The molecular weight excluding hydrogens is 519 g/mol. The Hall–Kier alpha value is -3.00. The molecule has 9 heteroatoms. The summed E-state index contributed by atoms with van der Waals surface area (Å²) in [6.07, 6.45) is 9.81. The highest BCUT2D eigenvalue weighted by atomic mass is 35.5. The lowest BCUT2D eigenvalue weighted by molar-refractivity contribution is 0.0952. The highest BCUT2D eigenvalue weighted by molar-refractivity contribution is 6.39. The predicted octanol–water partition coefficient (Wildman–Crippen LogP) is 6.24. The van der Waals surface area contributed by atoms with Crippen LogP contribution < -0.4 is 5.32 Å². The van der Waals surface area contributed by atoms with E-state index in [9.17, 15) is 4.79 Å². The van der Waals surface area contributed by atoms with Crippen LogP contribution in [0.2, 0.25) is 10.0 Å². The molecule has 3 aromatic heterocycles. The van der Waals surface area contributed by atoms with Crippen LogP contribution in [0.1, 0.15) is 66.1 Å². The normalized spacial score (nSPS) is 15.1. The third-order valence-corrected chi connectivity index (χ3v) is 7.81. The van der Waals surface area contributed by atoms with Crippen LogP contribution >= 0.6 is 23.2 Å². The van der Waals surface area contributed by atoms with Crippen molar-refractivity contribution in [2.75, 3.05) is 13.1 Å². The van der Waals surface area contributed by atoms with Crippen molar-refractivity contribution in [2.24, 2.45) is 0 Å². The second-order valence-electron chi connectivity index (χ2n) is 9.63. The first kappa shape index (κ1) is 26.6. The maximum absolute atomic E-state index is 12.6. The van der Waals surface area contributed by atoms with Crippen LogP contribution in [0.4, 0.5) is 0 Å². The van der Waals surface area contributed by atoms with E-state index in [2.05, 4.69) is 51.0 Å². The molecule has 1 aliphatic rings. The standard InChI is InChI=1S/C29H32Cl2N6O/c1-2-37-24-12-4-3-11-23(24)35-26(37)19-36(25-13-7-9-20-10-8-15-33-28(20)25)16-6-5-14-34-29(38)27-21(30)17-32-18-22(27)31/h3-4,8,10-12,15,17-18,25H,2,5-7,9,13-14,16,19H2,1H3,(H,34,38)/t25-/m0/s1. The summed E-state index contributed by atoms with van der Waals surface area (Å²) in [4.78, 5) is 28.9. The number of aromatic nitrogens is 4. The molecule has 1 atom stereocenters. The van der Waals surface area contributed by atoms with Crippen molar-refractivity contribution in [1.29, 1.82) is 0 Å². The molecule has 1 amide bonds. The largest absolute Gasteiger partial charge is 0.352 e. The molecule has 1 N–H and O–H groups in total. The van der Waals surface area contributed by atoms with Gasteiger partial charge in [0.1, 0.15) is 5.82 Å². The van der Waals surface area contributed by atoms with Crippen molar-refractivity contribution < 1.29 is 4.79 Å². The summed E-state index contributed by atoms with van der Waals surface area (Å²) >= 11 is 12.3. The number of aryl methyl sites for hydroxylation is 2. The quantitative estimate of drug-likeness (QED) is 0.236. The van der Waals surface area contributed by atoms with Gasteiger partial charge >= 0.3 is 0 Å². The zero-order chi connectivity index (χ0) is 26.5. The van der Waals surface area contributed by atoms with Crippen LogP contribution in [-0.4, -0.2) is 43.4 Å². The van der Waals surface area contributed by atoms with Crippen LogP contribution in [0, 0.1) is 0 Å². The minimum Gasteiger partial charge on any atom is -0.352 e. The Morgan fingerprint density at radius 2 is 1.95 bits per heavy atom. The van der Waals surface area contributed by atoms with Gasteiger partial charge in [0.15, 0.2) is 0 Å². The molecule has 0 saturated heterocycles. The maximum Gasteiger partial charge on any atom is 0.254 e. The molecule has 0 spiro atoms. The molecular formula is C29H32Cl2N6O. The van der Waals surface area contributed by atoms with Gasteiger partial charge in [0.2, 0.25) is 0 Å². The molecule has 1 aromatic carbocycles. The average molecular weight is 552 g/mol. The zero-order valence-corrected chi connectivity index (χ0v) is 23.0. The van der Waals surface area contributed by atoms with E-state index < -0.39 is 0 Å². The number of fused-ring (bicyclic) bond motifs is 2. The molecule has 38 heavy (non-hydrogen) atoms. The number of nitrogens with one attached hydrogen (secondary N) is 1. The molecule has 5 rings (SSSR count). The minimum absolute atomic E-state index is 0.245. The number of imidazole rings is 1. The SMILES string of the molecule is CCn1c(CN(CCCCNC(=O)c2c(Cl)cncc2Cl)[C@H]2CCCc3cccnc32)nc2ccccc21. The second-order valence-corrected chi connectivity index (χ2v) is 10.4. The third-order valence-electron chi connectivity index (χ3n) is 7.24. The Morgan fingerprint density at radius 3 is 2.76 bits per heavy atom. The number of nitrogens with zero attached hydrogens (tertiary/aromatic N) is 5. The molecule has 0 saturated carbocycles. The first-order valence-corrected chi connectivity index (χ1v) is 14.0. The second kappa shape index (κ2) is 12.2. The number of rotatable bonds is 10. The zero-order valence-electron chi connectivity index (χ0n) is 21.5. The predicted molar refractivity (Wildman–Crippen MR) is 152 cm³/mol. The van der Waals surface area contributed by atoms with Crippen LogP contribution in [0.3, 0.4) is 0 Å². The van der Waals surface area contributed by atoms with Crippen molar-refractivity contribution in [3.05, 3.63) is 87.7 Å². The molecule has 4 aromatic rings. The van der Waals surface area contributed by atoms with Crippen molar-refractivity contribution in [3.63, 3.8) is 0 Å². The van der Waals surface area contributed by atoms with Gasteiger partial charge in [-0.2, -0.15) is 0 Å². The van der Waals surface area contributed by atoms with Gasteiger partial charge in [-0.1, -0.05) is 41.4 Å². The highest BCUT2D eigenvalue weighted by Gasteiger charge is 2.28. The minimum atomic E-state index is -0.277. The van der Waals surface area contributed by atoms with E-state index in [1.807, 2.05) is 18.3 Å². The van der Waals surface area contributed by atoms with E-state index in [1.54, 1.807) is 0 Å². The number of benzene rings is 1. The molecule has 0 bridgehead atoms. The number of carbonyl (C=O) groups is 1. The van der Waals surface area contributed by atoms with Gasteiger partial charge in [-0.15, -0.1) is 0 Å². The van der Waals surface area contributed by atoms with Crippen molar-refractivity contribution in [1.82, 2.24) is 29.7 Å². The summed E-state index contributed by atoms with van der Waals surface area (Å²) in [6.45, 7) is 5.20. The van der Waals surface area contributed by atoms with Crippen LogP contribution in [-0.2, 0) is 19.5 Å². The number of pyridine rings is 2. The highest BCUT2D eigenvalue weighted by Crippen LogP contribution is 2.34. The lowest BCUT2D eigenvalue weighted by atomic mass is 9.90. The topological polar surface area (TPSA) is 75.9 Å². The van der Waals surface area contributed by atoms with Gasteiger partial charge in [-0.3, -0.25) is 19.7 Å². The first-order valence-electron chi connectivity index (χ1n) is 13.3. The fourth-order valence-electron chi connectivity index (χ4n) is 5.42. The summed E-state index contributed by atoms with van der Waals surface area (Å²) in [5, 5.41) is 3.46. The van der Waals surface area contributed by atoms with E-state index in [4.69, 9.17) is 33.2 Å². The van der Waals surface area contributed by atoms with E-state index >= 15 is 0 Å². The molecule has 0 unspecified atom stereocenters. The van der Waals surface area contributed by atoms with Gasteiger partial charge in [-0.05, 0) is 69.3 Å². The number of halogens is 2. The Balaban J connectivity index is 1.30. The van der Waals surface area contributed by atoms with Gasteiger partial charge in [-0.25, -0.2) is 4.98 Å². The third kappa shape index (κ3) is 5.70. The smallest absolute Gasteiger partial charge is 0.254 e. The van der Waals surface area contributed by atoms with Crippen LogP contribution in [0.25, 0.3) is 11.0 Å². The van der Waals surface area contributed by atoms with Crippen LogP contribution in [0.5, 0.6) is 0 Å². The summed E-state index contributed by atoms with van der Waals surface area (Å²) < 4.78 is 2.31. The van der Waals surface area contributed by atoms with Gasteiger partial charge in [0.25, 0.3) is 5.91 Å². The summed E-state index contributed by atoms with van der Waals surface area (Å²) in [7, 11) is 0. The lowest BCUT2D eigenvalue weighted by Gasteiger charge is -2.35. The Kier molecular flexibility index (Phi) is 8.57. The molecule has 198 valence electrons. The molecule has 7 nitrogen and oxygen atoms in total. The van der Waals surface area contributed by atoms with E-state index in [0.717, 1.165) is 63.1 Å². The van der Waals surface area contributed by atoms with Crippen molar-refractivity contribution >= 4 is 40.1 Å². The Bertz CT molecular complexity index is 1400. The van der Waals surface area contributed by atoms with Crippen molar-refractivity contribution in [3.8, 4) is 0 Å². The van der Waals surface area contributed by atoms with E-state index in [0.29, 0.717) is 6.54 Å². The number of carbonyl (C=O) groups excluding carboxylic acids is 1. The van der Waals surface area contributed by atoms with Crippen molar-refractivity contribution in [2.45, 2.75) is 58.2 Å². The number of unbranched alkanes of at least 4 members (excludes halogenated alkanes) is 1. The molecule has 0 fully saturated rings.